The van der Waals surface area contributed by atoms with Crippen molar-refractivity contribution in [2.24, 2.45) is 5.92 Å². The molecule has 47 heteroatoms. The molecule has 6 aliphatic heterocycles. The van der Waals surface area contributed by atoms with Crippen molar-refractivity contribution in [1.29, 1.82) is 0 Å². The van der Waals surface area contributed by atoms with E-state index in [1.54, 1.807) is 12.1 Å². The predicted octanol–water partition coefficient (Wildman–Crippen LogP) is -10.9. The highest BCUT2D eigenvalue weighted by molar-refractivity contribution is 7.47. The Labute approximate surface area is 610 Å². The number of aliphatic carboxylic acids is 1. The summed E-state index contributed by atoms with van der Waals surface area (Å²) in [7, 11) is -4.52. The van der Waals surface area contributed by atoms with Crippen LogP contribution in [0.5, 0.6) is 0 Å². The molecule has 0 radical (unpaired) electrons. The number of rotatable bonds is 36. The highest BCUT2D eigenvalue weighted by Gasteiger charge is 2.61. The van der Waals surface area contributed by atoms with E-state index in [2.05, 4.69) is 20.9 Å². The minimum atomic E-state index is -5.71. The molecule has 3 amide bonds. The lowest BCUT2D eigenvalue weighted by molar-refractivity contribution is -0.398. The van der Waals surface area contributed by atoms with Crippen LogP contribution in [0.25, 0.3) is 0 Å². The van der Waals surface area contributed by atoms with E-state index >= 15 is 0 Å². The van der Waals surface area contributed by atoms with E-state index in [1.165, 1.54) is 25.3 Å². The zero-order valence-electron chi connectivity index (χ0n) is 57.5. The maximum absolute atomic E-state index is 13.5. The number of carbonyl (C=O) groups excluding carboxylic acids is 6. The van der Waals surface area contributed by atoms with Crippen molar-refractivity contribution in [3.05, 3.63) is 58.1 Å². The summed E-state index contributed by atoms with van der Waals surface area (Å²) in [5, 5.41) is 170. The van der Waals surface area contributed by atoms with Crippen LogP contribution in [0.1, 0.15) is 61.7 Å². The van der Waals surface area contributed by atoms with Crippen LogP contribution < -0.4 is 27.4 Å². The number of nitrogens with zero attached hydrogens (tertiary/aromatic N) is 2. The molecule has 6 saturated heterocycles. The van der Waals surface area contributed by atoms with Gasteiger partial charge in [0.15, 0.2) is 43.6 Å². The first-order chi connectivity index (χ1) is 51.1. The number of aromatic nitrogens is 2. The Morgan fingerprint density at radius 3 is 1.81 bits per heavy atom. The monoisotopic (exact) mass is 1580 g/mol. The Balaban J connectivity index is 0.807. The largest absolute Gasteiger partial charge is 0.477 e. The SMILES string of the molecule is CO[C@@H]1C(CO)O[C@H](O[C@@H]2C(OC=O)O[C@@H](O[C@@H]3C(CO)O[C@H](O[C@@H]4C(OC=O)O[C@@H](OCCNC(=O)c5ccc(CCCC(=O)C[C@H]6C([C@H](O)[C@H](O)CO)O[C@](OP(=O)(O)OC[C@H]7O[C@@H](n8ccc(N)nc8=O)C(O)[C@H]7O)(C(=O)O)C[C@H]6O)cc5)C(O)[C@H]4O)C(NC(C)=O)[C@H]3O)C(O)[C@H]2O)C(NC(C)=O)[C@H]1O. The number of carbonyl (C=O) groups is 7. The van der Waals surface area contributed by atoms with Crippen molar-refractivity contribution in [1.82, 2.24) is 25.5 Å². The van der Waals surface area contributed by atoms with Crippen LogP contribution in [0, 0.1) is 5.92 Å². The van der Waals surface area contributed by atoms with Gasteiger partial charge in [0.2, 0.25) is 24.4 Å². The molecule has 0 bridgehead atoms. The van der Waals surface area contributed by atoms with E-state index in [4.69, 9.17) is 76.4 Å². The third-order valence-corrected chi connectivity index (χ3v) is 19.3. The third kappa shape index (κ3) is 20.8. The van der Waals surface area contributed by atoms with Gasteiger partial charge in [-0.2, -0.15) is 4.98 Å². The molecule has 46 nitrogen and oxygen atoms in total. The van der Waals surface area contributed by atoms with Crippen LogP contribution in [0.4, 0.5) is 5.82 Å². The lowest BCUT2D eigenvalue weighted by atomic mass is 9.80. The fraction of sp³-hybridized carbons (Fsp3) is 0.721. The van der Waals surface area contributed by atoms with Crippen LogP contribution in [0.3, 0.4) is 0 Å². The van der Waals surface area contributed by atoms with E-state index in [-0.39, 0.29) is 50.1 Å². The zero-order valence-corrected chi connectivity index (χ0v) is 58.4. The molecule has 2 aromatic rings. The minimum absolute atomic E-state index is 0.116. The highest BCUT2D eigenvalue weighted by atomic mass is 31.2. The number of ketones is 1. The van der Waals surface area contributed by atoms with Gasteiger partial charge in [0, 0.05) is 64.4 Å². The maximum Gasteiger partial charge on any atom is 0.475 e. The summed E-state index contributed by atoms with van der Waals surface area (Å²) >= 11 is 0. The Hall–Kier alpha value is -6.50. The molecule has 6 aliphatic rings. The number of aryl methyl sites for hydroxylation is 1. The van der Waals surface area contributed by atoms with Gasteiger partial charge < -0.3 is 165 Å². The molecule has 21 N–H and O–H groups in total. The zero-order chi connectivity index (χ0) is 79.4. The number of benzene rings is 1. The summed E-state index contributed by atoms with van der Waals surface area (Å²) in [4.78, 5) is 114. The van der Waals surface area contributed by atoms with Gasteiger partial charge in [-0.3, -0.25) is 37.9 Å². The number of nitrogens with two attached hydrogens (primary N) is 1. The molecule has 1 aromatic heterocycles. The molecule has 8 rings (SSSR count). The standard InChI is InChI=1S/C61H89N6O40P/c1-23(73)64-35-39(80)47(93-3)31(18-69)99-53(35)103-50-42(83)45(86)56(105-58(50)96-22-72)101-48-32(19-70)100-54(36(40(48)81)65-24(2)74)102-49-41(82)44(85)55(104-57(49)95-21-71)94-14-12-63-51(87)26-9-7-25(8-10-26)5-4-6-27(75)15-28-29(76)16-61(59(88)89,106-46(28)37(78)30(77)17-68)107-108(91,92)97-20-33-38(79)43(84)52(98-33)67-13-11-34(62)66-60(67)90/h7-11,13,21-22,28-33,35-50,52-58,68-70,76-86H,4-6,12,14-20H2,1-3H3,(H,63,87)(H,64,73)(H,65,74)(H,88,89)(H,91,92)(H2,62,66,90)/t28-,29-,30-,31?,32?,33-,35?,36?,37-,38+,39-,40-,41-,42-,43?,44?,45?,46?,47-,48-,49+,50+,52-,53-,54-,55-,56-,57?,58?,61-/m1/s1. The summed E-state index contributed by atoms with van der Waals surface area (Å²) in [6.45, 7) is -3.01. The molecule has 6 fully saturated rings. The molecular weight excluding hydrogens is 1490 g/mol. The molecule has 0 spiro atoms. The molecule has 31 atom stereocenters. The van der Waals surface area contributed by atoms with Crippen LogP contribution in [-0.4, -0.2) is 352 Å². The number of nitrogen functional groups attached to an aromatic ring is 1. The number of anilines is 1. The van der Waals surface area contributed by atoms with Crippen molar-refractivity contribution in [2.45, 2.75) is 224 Å². The minimum Gasteiger partial charge on any atom is -0.477 e. The van der Waals surface area contributed by atoms with E-state index in [1.807, 2.05) is 0 Å². The fourth-order valence-electron chi connectivity index (χ4n) is 12.9. The molecule has 608 valence electrons. The Bertz CT molecular complexity index is 3450. The predicted molar refractivity (Wildman–Crippen MR) is 341 cm³/mol. The molecular formula is C61H89N6O40P. The topological polar surface area (TPSA) is 696 Å². The number of phosphoric acid groups is 1. The third-order valence-electron chi connectivity index (χ3n) is 18.3. The van der Waals surface area contributed by atoms with Gasteiger partial charge >= 0.3 is 19.5 Å². The Morgan fingerprint density at radius 1 is 0.713 bits per heavy atom. The number of Topliss-reactive ketones (excluding diaryl/α,β-unsaturated/α-hetero) is 1. The Morgan fingerprint density at radius 2 is 1.27 bits per heavy atom. The number of carboxylic acid groups (broad SMARTS) is 1. The van der Waals surface area contributed by atoms with E-state index in [0.29, 0.717) is 5.56 Å². The smallest absolute Gasteiger partial charge is 0.475 e. The van der Waals surface area contributed by atoms with Gasteiger partial charge in [-0.25, -0.2) is 18.7 Å². The summed E-state index contributed by atoms with van der Waals surface area (Å²) < 4.78 is 96.3. The number of hydrogen-bond donors (Lipinski definition) is 20. The number of methoxy groups -OCH3 is 1. The molecule has 108 heavy (non-hydrogen) atoms. The van der Waals surface area contributed by atoms with E-state index in [9.17, 15) is 124 Å². The number of ether oxygens (including phenoxy) is 13. The van der Waals surface area contributed by atoms with Gasteiger partial charge in [-0.1, -0.05) is 12.1 Å². The van der Waals surface area contributed by atoms with Gasteiger partial charge in [-0.05, 0) is 36.6 Å². The van der Waals surface area contributed by atoms with Crippen LogP contribution in [-0.2, 0) is 110 Å². The van der Waals surface area contributed by atoms with Gasteiger partial charge in [0.25, 0.3) is 24.6 Å². The summed E-state index contributed by atoms with van der Waals surface area (Å²) in [5.74, 6) is -10.1. The van der Waals surface area contributed by atoms with Crippen molar-refractivity contribution >= 4 is 56.1 Å². The Kier molecular flexibility index (Phi) is 31.1. The number of aliphatic hydroxyl groups excluding tert-OH is 14. The number of carboxylic acids is 1. The van der Waals surface area contributed by atoms with Crippen LogP contribution in [0.2, 0.25) is 0 Å². The quantitative estimate of drug-likeness (QED) is 0.0171. The van der Waals surface area contributed by atoms with E-state index < -0.39 is 273 Å². The summed E-state index contributed by atoms with van der Waals surface area (Å²) in [6, 6.07) is 3.85. The second-order valence-corrected chi connectivity index (χ2v) is 27.1. The van der Waals surface area contributed by atoms with Crippen LogP contribution in [0.15, 0.2) is 41.3 Å². The first kappa shape index (κ1) is 87.1. The van der Waals surface area contributed by atoms with Gasteiger partial charge in [-0.15, -0.1) is 0 Å². The number of aliphatic hydroxyl groups is 14. The van der Waals surface area contributed by atoms with Gasteiger partial charge in [0.05, 0.1) is 45.2 Å². The van der Waals surface area contributed by atoms with Crippen molar-refractivity contribution in [2.75, 3.05) is 52.4 Å². The lowest BCUT2D eigenvalue weighted by Gasteiger charge is -2.49. The molecule has 1 aromatic carbocycles. The normalized spacial score (nSPS) is 37.5. The average molecular weight is 1580 g/mol. The lowest BCUT2D eigenvalue weighted by Crippen LogP contribution is -2.70. The molecule has 0 saturated carbocycles. The highest BCUT2D eigenvalue weighted by Crippen LogP contribution is 2.53. The summed E-state index contributed by atoms with van der Waals surface area (Å²) in [5.41, 5.74) is 5.21. The maximum atomic E-state index is 13.5. The van der Waals surface area contributed by atoms with Crippen molar-refractivity contribution in [3.63, 3.8) is 0 Å². The number of phosphoric ester groups is 1. The second-order valence-electron chi connectivity index (χ2n) is 25.7. The van der Waals surface area contributed by atoms with Crippen molar-refractivity contribution in [3.8, 4) is 0 Å². The summed E-state index contributed by atoms with van der Waals surface area (Å²) in [6.07, 6.45) is -50.1. The molecule has 7 heterocycles. The van der Waals surface area contributed by atoms with Gasteiger partial charge in [0.1, 0.15) is 115 Å². The number of amides is 3. The van der Waals surface area contributed by atoms with Crippen LogP contribution >= 0.6 is 7.82 Å². The average Bonchev–Trinajstić information content (AvgIpc) is 1.17. The molecule has 11 unspecified atom stereocenters. The van der Waals surface area contributed by atoms with E-state index in [0.717, 1.165) is 24.6 Å². The fourth-order valence-corrected chi connectivity index (χ4v) is 13.9. The number of hydrogen-bond acceptors (Lipinski definition) is 40. The first-order valence-corrected chi connectivity index (χ1v) is 34.9. The first-order valence-electron chi connectivity index (χ1n) is 33.4. The number of nitrogens with one attached hydrogen (secondary N) is 3. The second kappa shape index (κ2) is 38.6. The van der Waals surface area contributed by atoms with Crippen molar-refractivity contribution < 1.29 is 190 Å². The molecule has 0 aliphatic carbocycles.